The van der Waals surface area contributed by atoms with E-state index in [2.05, 4.69) is 15.3 Å². The molecule has 0 spiro atoms. The normalized spacial score (nSPS) is 14.6. The SMILES string of the molecule is COc1cc2ncnc(N3CCN(C(=O)Nc4cc(C(F)(F)F)cc(C(F)(F)F)c4)CC3)c2cc1OC. The van der Waals surface area contributed by atoms with Gasteiger partial charge >= 0.3 is 18.4 Å². The zero-order chi connectivity index (χ0) is 27.0. The molecule has 0 saturated carbocycles. The first-order chi connectivity index (χ1) is 17.4. The second-order valence-corrected chi connectivity index (χ2v) is 8.12. The van der Waals surface area contributed by atoms with Crippen molar-refractivity contribution in [3.05, 3.63) is 47.8 Å². The maximum atomic E-state index is 13.1. The molecule has 1 aliphatic rings. The number of halogens is 6. The quantitative estimate of drug-likeness (QED) is 0.478. The van der Waals surface area contributed by atoms with Gasteiger partial charge in [0, 0.05) is 43.3 Å². The zero-order valence-corrected chi connectivity index (χ0v) is 19.6. The standard InChI is InChI=1S/C23H21F6N5O3/c1-36-18-10-16-17(11-19(18)37-2)30-12-31-20(16)33-3-5-34(6-4-33)21(35)32-15-8-13(22(24,25)26)7-14(9-15)23(27,28)29/h7-12H,3-6H2,1-2H3,(H,32,35). The van der Waals surface area contributed by atoms with Crippen molar-refractivity contribution >= 4 is 28.4 Å². The maximum Gasteiger partial charge on any atom is 0.416 e. The lowest BCUT2D eigenvalue weighted by molar-refractivity contribution is -0.143. The van der Waals surface area contributed by atoms with Crippen LogP contribution in [0.2, 0.25) is 0 Å². The molecule has 2 heterocycles. The number of nitrogens with zero attached hydrogens (tertiary/aromatic N) is 4. The van der Waals surface area contributed by atoms with Crippen molar-refractivity contribution in [3.63, 3.8) is 0 Å². The number of amides is 2. The first kappa shape index (κ1) is 26.1. The van der Waals surface area contributed by atoms with Crippen molar-refractivity contribution < 1.29 is 40.6 Å². The van der Waals surface area contributed by atoms with Crippen LogP contribution in [-0.2, 0) is 12.4 Å². The average molecular weight is 529 g/mol. The van der Waals surface area contributed by atoms with Crippen molar-refractivity contribution in [2.24, 2.45) is 0 Å². The molecule has 1 aliphatic heterocycles. The molecule has 1 saturated heterocycles. The van der Waals surface area contributed by atoms with Crippen LogP contribution in [0.1, 0.15) is 11.1 Å². The number of hydrogen-bond donors (Lipinski definition) is 1. The minimum absolute atomic E-state index is 0.00501. The van der Waals surface area contributed by atoms with Crippen LogP contribution in [-0.4, -0.2) is 61.3 Å². The fourth-order valence-corrected chi connectivity index (χ4v) is 3.97. The van der Waals surface area contributed by atoms with E-state index in [0.29, 0.717) is 53.4 Å². The zero-order valence-electron chi connectivity index (χ0n) is 19.6. The van der Waals surface area contributed by atoms with Crippen LogP contribution in [0.15, 0.2) is 36.7 Å². The number of benzene rings is 2. The van der Waals surface area contributed by atoms with Gasteiger partial charge in [-0.2, -0.15) is 26.3 Å². The summed E-state index contributed by atoms with van der Waals surface area (Å²) in [5.74, 6) is 1.55. The highest BCUT2D eigenvalue weighted by Gasteiger charge is 2.37. The molecular formula is C23H21F6N5O3. The molecule has 14 heteroatoms. The van der Waals surface area contributed by atoms with Crippen LogP contribution in [0.4, 0.5) is 42.6 Å². The second-order valence-electron chi connectivity index (χ2n) is 8.12. The molecule has 1 aromatic heterocycles. The van der Waals surface area contributed by atoms with Crippen LogP contribution in [0, 0.1) is 0 Å². The number of alkyl halides is 6. The first-order valence-corrected chi connectivity index (χ1v) is 10.9. The summed E-state index contributed by atoms with van der Waals surface area (Å²) in [5.41, 5.74) is -3.01. The number of hydrogen-bond acceptors (Lipinski definition) is 6. The van der Waals surface area contributed by atoms with Crippen molar-refractivity contribution in [2.45, 2.75) is 12.4 Å². The third kappa shape index (κ3) is 5.57. The smallest absolute Gasteiger partial charge is 0.416 e. The minimum atomic E-state index is -5.01. The van der Waals surface area contributed by atoms with Crippen LogP contribution < -0.4 is 19.7 Å². The van der Waals surface area contributed by atoms with Crippen LogP contribution in [0.3, 0.4) is 0 Å². The lowest BCUT2D eigenvalue weighted by atomic mass is 10.1. The molecule has 4 rings (SSSR count). The summed E-state index contributed by atoms with van der Waals surface area (Å²) in [6.45, 7) is 0.917. The van der Waals surface area contributed by atoms with Crippen molar-refractivity contribution in [1.82, 2.24) is 14.9 Å². The summed E-state index contributed by atoms with van der Waals surface area (Å²) in [6, 6.07) is 3.56. The molecule has 3 aromatic rings. The van der Waals surface area contributed by atoms with E-state index in [1.54, 1.807) is 12.1 Å². The fraction of sp³-hybridized carbons (Fsp3) is 0.348. The van der Waals surface area contributed by atoms with Crippen LogP contribution >= 0.6 is 0 Å². The topological polar surface area (TPSA) is 79.8 Å². The highest BCUT2D eigenvalue weighted by molar-refractivity contribution is 5.92. The van der Waals surface area contributed by atoms with Gasteiger partial charge in [0.05, 0.1) is 30.9 Å². The van der Waals surface area contributed by atoms with Crippen molar-refractivity contribution in [1.29, 1.82) is 0 Å². The van der Waals surface area contributed by atoms with E-state index < -0.39 is 35.2 Å². The Bertz CT molecular complexity index is 1270. The van der Waals surface area contributed by atoms with E-state index in [0.717, 1.165) is 0 Å². The molecule has 0 aliphatic carbocycles. The molecule has 0 unspecified atom stereocenters. The lowest BCUT2D eigenvalue weighted by Gasteiger charge is -2.35. The Hall–Kier alpha value is -3.97. The molecule has 37 heavy (non-hydrogen) atoms. The van der Waals surface area contributed by atoms with Crippen LogP contribution in [0.25, 0.3) is 10.9 Å². The Labute approximate surface area is 206 Å². The maximum absolute atomic E-state index is 13.1. The Morgan fingerprint density at radius 1 is 0.838 bits per heavy atom. The number of fused-ring (bicyclic) bond motifs is 1. The lowest BCUT2D eigenvalue weighted by Crippen LogP contribution is -2.50. The minimum Gasteiger partial charge on any atom is -0.493 e. The van der Waals surface area contributed by atoms with E-state index in [1.165, 1.54) is 25.4 Å². The summed E-state index contributed by atoms with van der Waals surface area (Å²) < 4.78 is 89.3. The molecular weight excluding hydrogens is 508 g/mol. The number of piperazine rings is 1. The number of nitrogens with one attached hydrogen (secondary N) is 1. The molecule has 0 radical (unpaired) electrons. The summed E-state index contributed by atoms with van der Waals surface area (Å²) in [7, 11) is 2.99. The molecule has 2 amide bonds. The number of carbonyl (C=O) groups is 1. The van der Waals surface area contributed by atoms with Gasteiger partial charge in [0.1, 0.15) is 12.1 Å². The number of carbonyl (C=O) groups excluding carboxylic acids is 1. The number of ether oxygens (including phenoxy) is 2. The van der Waals surface area contributed by atoms with Crippen molar-refractivity contribution in [3.8, 4) is 11.5 Å². The third-order valence-corrected chi connectivity index (χ3v) is 5.82. The van der Waals surface area contributed by atoms with Crippen molar-refractivity contribution in [2.75, 3.05) is 50.6 Å². The summed E-state index contributed by atoms with van der Waals surface area (Å²) in [4.78, 5) is 24.5. The first-order valence-electron chi connectivity index (χ1n) is 10.9. The molecule has 0 bridgehead atoms. The Morgan fingerprint density at radius 2 is 1.41 bits per heavy atom. The number of aromatic nitrogens is 2. The molecule has 2 aromatic carbocycles. The monoisotopic (exact) mass is 529 g/mol. The van der Waals surface area contributed by atoms with Gasteiger partial charge in [0.15, 0.2) is 11.5 Å². The Morgan fingerprint density at radius 3 is 1.95 bits per heavy atom. The summed E-state index contributed by atoms with van der Waals surface area (Å²) in [6.07, 6.45) is -8.65. The van der Waals surface area contributed by atoms with Gasteiger partial charge in [-0.15, -0.1) is 0 Å². The van der Waals surface area contributed by atoms with Gasteiger partial charge in [-0.1, -0.05) is 0 Å². The number of urea groups is 1. The predicted molar refractivity (Wildman–Crippen MR) is 122 cm³/mol. The number of rotatable bonds is 4. The second kappa shape index (κ2) is 9.82. The van der Waals surface area contributed by atoms with E-state index >= 15 is 0 Å². The highest BCUT2D eigenvalue weighted by Crippen LogP contribution is 2.38. The Kier molecular flexibility index (Phi) is 6.93. The highest BCUT2D eigenvalue weighted by atomic mass is 19.4. The molecule has 1 N–H and O–H groups in total. The van der Waals surface area contributed by atoms with Crippen LogP contribution in [0.5, 0.6) is 11.5 Å². The number of anilines is 2. The van der Waals surface area contributed by atoms with E-state index in [4.69, 9.17) is 9.47 Å². The van der Waals surface area contributed by atoms with Gasteiger partial charge in [-0.05, 0) is 24.3 Å². The van der Waals surface area contributed by atoms with Gasteiger partial charge in [-0.25, -0.2) is 14.8 Å². The molecule has 0 atom stereocenters. The Balaban J connectivity index is 1.50. The van der Waals surface area contributed by atoms with E-state index in [9.17, 15) is 31.1 Å². The average Bonchev–Trinajstić information content (AvgIpc) is 2.86. The largest absolute Gasteiger partial charge is 0.493 e. The fourth-order valence-electron chi connectivity index (χ4n) is 3.97. The van der Waals surface area contributed by atoms with Gasteiger partial charge in [0.25, 0.3) is 0 Å². The van der Waals surface area contributed by atoms with E-state index in [-0.39, 0.29) is 19.2 Å². The number of methoxy groups -OCH3 is 2. The van der Waals surface area contributed by atoms with E-state index in [1.807, 2.05) is 4.90 Å². The summed E-state index contributed by atoms with van der Waals surface area (Å²) >= 11 is 0. The third-order valence-electron chi connectivity index (χ3n) is 5.82. The van der Waals surface area contributed by atoms with Gasteiger partial charge in [-0.3, -0.25) is 0 Å². The summed E-state index contributed by atoms with van der Waals surface area (Å²) in [5, 5.41) is 2.84. The van der Waals surface area contributed by atoms with Gasteiger partial charge in [0.2, 0.25) is 0 Å². The molecule has 198 valence electrons. The predicted octanol–water partition coefficient (Wildman–Crippen LogP) is 5.04. The van der Waals surface area contributed by atoms with Gasteiger partial charge < -0.3 is 24.6 Å². The molecule has 1 fully saturated rings. The molecule has 8 nitrogen and oxygen atoms in total.